The molecule has 0 aliphatic carbocycles. The zero-order chi connectivity index (χ0) is 15.1. The van der Waals surface area contributed by atoms with Crippen molar-refractivity contribution in [1.29, 1.82) is 0 Å². The number of benzene rings is 1. The number of nitrogens with one attached hydrogen (secondary N) is 1. The fraction of sp³-hybridized carbons (Fsp3) is 0.647. The highest BCUT2D eigenvalue weighted by Gasteiger charge is 2.21. The Balaban J connectivity index is 2.14. The van der Waals surface area contributed by atoms with Crippen LogP contribution in [0.4, 0.5) is 0 Å². The molecule has 118 valence electrons. The predicted octanol–water partition coefficient (Wildman–Crippen LogP) is 3.17. The lowest BCUT2D eigenvalue weighted by Gasteiger charge is -2.27. The first-order valence-electron chi connectivity index (χ1n) is 7.88. The average Bonchev–Trinajstić information content (AvgIpc) is 2.53. The fourth-order valence-corrected chi connectivity index (χ4v) is 2.67. The van der Waals surface area contributed by atoms with E-state index < -0.39 is 0 Å². The van der Waals surface area contributed by atoms with E-state index in [1.165, 1.54) is 5.56 Å². The van der Waals surface area contributed by atoms with Crippen LogP contribution >= 0.6 is 0 Å². The van der Waals surface area contributed by atoms with Crippen LogP contribution in [-0.2, 0) is 4.74 Å². The SMILES string of the molecule is CCCNC(c1ccc2c(c1)OCCO2)C(C)CCOC. The van der Waals surface area contributed by atoms with Crippen molar-refractivity contribution in [3.63, 3.8) is 0 Å². The van der Waals surface area contributed by atoms with E-state index in [-0.39, 0.29) is 0 Å². The van der Waals surface area contributed by atoms with Gasteiger partial charge in [0.2, 0.25) is 0 Å². The van der Waals surface area contributed by atoms with E-state index in [0.717, 1.165) is 37.5 Å². The van der Waals surface area contributed by atoms with Crippen LogP contribution in [0.1, 0.15) is 38.3 Å². The zero-order valence-electron chi connectivity index (χ0n) is 13.4. The molecule has 1 aromatic carbocycles. The van der Waals surface area contributed by atoms with Gasteiger partial charge in [-0.3, -0.25) is 0 Å². The number of hydrogen-bond donors (Lipinski definition) is 1. The quantitative estimate of drug-likeness (QED) is 0.799. The van der Waals surface area contributed by atoms with Crippen LogP contribution < -0.4 is 14.8 Å². The first-order chi connectivity index (χ1) is 10.3. The van der Waals surface area contributed by atoms with Crippen molar-refractivity contribution in [3.05, 3.63) is 23.8 Å². The molecule has 0 amide bonds. The Hall–Kier alpha value is -1.26. The predicted molar refractivity (Wildman–Crippen MR) is 84.1 cm³/mol. The van der Waals surface area contributed by atoms with E-state index >= 15 is 0 Å². The number of hydrogen-bond acceptors (Lipinski definition) is 4. The Bertz CT molecular complexity index is 436. The minimum Gasteiger partial charge on any atom is -0.486 e. The molecule has 2 atom stereocenters. The third-order valence-corrected chi connectivity index (χ3v) is 3.89. The van der Waals surface area contributed by atoms with Gasteiger partial charge in [0.15, 0.2) is 11.5 Å². The standard InChI is InChI=1S/C17H27NO3/c1-4-8-18-17(13(2)7-9-19-3)14-5-6-15-16(12-14)21-11-10-20-15/h5-6,12-13,17-18H,4,7-11H2,1-3H3. The highest BCUT2D eigenvalue weighted by Crippen LogP contribution is 2.35. The monoisotopic (exact) mass is 293 g/mol. The van der Waals surface area contributed by atoms with E-state index in [2.05, 4.69) is 31.3 Å². The maximum Gasteiger partial charge on any atom is 0.161 e. The molecule has 0 bridgehead atoms. The topological polar surface area (TPSA) is 39.7 Å². The van der Waals surface area contributed by atoms with Crippen LogP contribution in [-0.4, -0.2) is 33.5 Å². The minimum atomic E-state index is 0.316. The first kappa shape index (κ1) is 16.1. The van der Waals surface area contributed by atoms with Gasteiger partial charge >= 0.3 is 0 Å². The zero-order valence-corrected chi connectivity index (χ0v) is 13.4. The molecule has 4 nitrogen and oxygen atoms in total. The van der Waals surface area contributed by atoms with Crippen molar-refractivity contribution < 1.29 is 14.2 Å². The smallest absolute Gasteiger partial charge is 0.161 e. The van der Waals surface area contributed by atoms with Crippen molar-refractivity contribution in [2.24, 2.45) is 5.92 Å². The third-order valence-electron chi connectivity index (χ3n) is 3.89. The molecule has 2 rings (SSSR count). The van der Waals surface area contributed by atoms with Gasteiger partial charge in [0.05, 0.1) is 0 Å². The average molecular weight is 293 g/mol. The number of fused-ring (bicyclic) bond motifs is 1. The van der Waals surface area contributed by atoms with Gasteiger partial charge in [0.1, 0.15) is 13.2 Å². The van der Waals surface area contributed by atoms with E-state index in [1.807, 2.05) is 6.07 Å². The summed E-state index contributed by atoms with van der Waals surface area (Å²) >= 11 is 0. The highest BCUT2D eigenvalue weighted by molar-refractivity contribution is 5.44. The van der Waals surface area contributed by atoms with E-state index in [0.29, 0.717) is 25.2 Å². The molecule has 21 heavy (non-hydrogen) atoms. The van der Waals surface area contributed by atoms with Crippen LogP contribution in [0.25, 0.3) is 0 Å². The van der Waals surface area contributed by atoms with Gasteiger partial charge in [0, 0.05) is 19.8 Å². The molecule has 0 spiro atoms. The molecule has 0 saturated heterocycles. The van der Waals surface area contributed by atoms with Gasteiger partial charge in [-0.15, -0.1) is 0 Å². The van der Waals surface area contributed by atoms with Crippen molar-refractivity contribution >= 4 is 0 Å². The van der Waals surface area contributed by atoms with Gasteiger partial charge < -0.3 is 19.5 Å². The molecule has 1 aliphatic heterocycles. The summed E-state index contributed by atoms with van der Waals surface area (Å²) in [6.07, 6.45) is 2.16. The second-order valence-electron chi connectivity index (χ2n) is 5.59. The first-order valence-corrected chi connectivity index (χ1v) is 7.88. The Morgan fingerprint density at radius 1 is 1.24 bits per heavy atom. The number of ether oxygens (including phenoxy) is 3. The minimum absolute atomic E-state index is 0.316. The lowest BCUT2D eigenvalue weighted by molar-refractivity contribution is 0.167. The largest absolute Gasteiger partial charge is 0.486 e. The van der Waals surface area contributed by atoms with E-state index in [4.69, 9.17) is 14.2 Å². The molecular weight excluding hydrogens is 266 g/mol. The molecular formula is C17H27NO3. The summed E-state index contributed by atoms with van der Waals surface area (Å²) in [4.78, 5) is 0. The Morgan fingerprint density at radius 3 is 2.71 bits per heavy atom. The van der Waals surface area contributed by atoms with Crippen molar-refractivity contribution in [2.45, 2.75) is 32.7 Å². The number of rotatable bonds is 8. The maximum atomic E-state index is 5.70. The van der Waals surface area contributed by atoms with Crippen LogP contribution in [0.5, 0.6) is 11.5 Å². The van der Waals surface area contributed by atoms with Crippen LogP contribution in [0.15, 0.2) is 18.2 Å². The molecule has 2 unspecified atom stereocenters. The molecule has 0 aromatic heterocycles. The Kier molecular flexibility index (Phi) is 6.33. The molecule has 0 radical (unpaired) electrons. The van der Waals surface area contributed by atoms with E-state index in [9.17, 15) is 0 Å². The van der Waals surface area contributed by atoms with Gasteiger partial charge in [-0.05, 0) is 43.0 Å². The third kappa shape index (κ3) is 4.35. The summed E-state index contributed by atoms with van der Waals surface area (Å²) < 4.78 is 16.5. The number of methoxy groups -OCH3 is 1. The molecule has 1 N–H and O–H groups in total. The van der Waals surface area contributed by atoms with Crippen LogP contribution in [0, 0.1) is 5.92 Å². The summed E-state index contributed by atoms with van der Waals surface area (Å²) in [6.45, 7) is 7.51. The lowest BCUT2D eigenvalue weighted by Crippen LogP contribution is -2.28. The summed E-state index contributed by atoms with van der Waals surface area (Å²) in [6, 6.07) is 6.60. The highest BCUT2D eigenvalue weighted by atomic mass is 16.6. The second-order valence-corrected chi connectivity index (χ2v) is 5.59. The summed E-state index contributed by atoms with van der Waals surface area (Å²) in [5, 5.41) is 3.65. The summed E-state index contributed by atoms with van der Waals surface area (Å²) in [7, 11) is 1.76. The Labute approximate surface area is 127 Å². The van der Waals surface area contributed by atoms with Crippen LogP contribution in [0.3, 0.4) is 0 Å². The van der Waals surface area contributed by atoms with Gasteiger partial charge in [0.25, 0.3) is 0 Å². The Morgan fingerprint density at radius 2 is 2.00 bits per heavy atom. The molecule has 0 fully saturated rings. The van der Waals surface area contributed by atoms with Gasteiger partial charge in [-0.2, -0.15) is 0 Å². The normalized spacial score (nSPS) is 16.5. The van der Waals surface area contributed by atoms with E-state index in [1.54, 1.807) is 7.11 Å². The maximum absolute atomic E-state index is 5.70. The van der Waals surface area contributed by atoms with Crippen molar-refractivity contribution in [3.8, 4) is 11.5 Å². The second kappa shape index (κ2) is 8.25. The van der Waals surface area contributed by atoms with Crippen molar-refractivity contribution in [2.75, 3.05) is 33.5 Å². The molecule has 4 heteroatoms. The summed E-state index contributed by atoms with van der Waals surface area (Å²) in [5.41, 5.74) is 1.26. The molecule has 1 aliphatic rings. The van der Waals surface area contributed by atoms with Gasteiger partial charge in [-0.25, -0.2) is 0 Å². The molecule has 0 saturated carbocycles. The summed E-state index contributed by atoms with van der Waals surface area (Å²) in [5.74, 6) is 2.21. The van der Waals surface area contributed by atoms with Crippen LogP contribution in [0.2, 0.25) is 0 Å². The van der Waals surface area contributed by atoms with Gasteiger partial charge in [-0.1, -0.05) is 19.9 Å². The fourth-order valence-electron chi connectivity index (χ4n) is 2.67. The molecule has 1 aromatic rings. The molecule has 1 heterocycles. The lowest BCUT2D eigenvalue weighted by atomic mass is 9.91. The van der Waals surface area contributed by atoms with Crippen molar-refractivity contribution in [1.82, 2.24) is 5.32 Å².